The highest BCUT2D eigenvalue weighted by molar-refractivity contribution is 4.75. The summed E-state index contributed by atoms with van der Waals surface area (Å²) in [6.07, 6.45) is 4.36. The summed E-state index contributed by atoms with van der Waals surface area (Å²) < 4.78 is 5.72. The van der Waals surface area contributed by atoms with Gasteiger partial charge in [0.1, 0.15) is 0 Å². The van der Waals surface area contributed by atoms with E-state index in [1.165, 1.54) is 12.8 Å². The molecule has 19 heavy (non-hydrogen) atoms. The lowest BCUT2D eigenvalue weighted by molar-refractivity contribution is -0.0345. The molecule has 4 atom stereocenters. The van der Waals surface area contributed by atoms with Gasteiger partial charge in [-0.15, -0.1) is 0 Å². The highest BCUT2D eigenvalue weighted by Gasteiger charge is 2.21. The topological polar surface area (TPSA) is 82.0 Å². The second kappa shape index (κ2) is 8.17. The quantitative estimate of drug-likeness (QED) is 0.511. The summed E-state index contributed by atoms with van der Waals surface area (Å²) in [6.45, 7) is 4.43. The summed E-state index contributed by atoms with van der Waals surface area (Å²) in [6, 6.07) is 0. The molecule has 1 rings (SSSR count). The lowest BCUT2D eigenvalue weighted by Gasteiger charge is -2.28. The molecule has 0 aromatic heterocycles. The second-order valence-corrected chi connectivity index (χ2v) is 6.17. The summed E-state index contributed by atoms with van der Waals surface area (Å²) in [5.74, 6) is 0.716. The third-order valence-electron chi connectivity index (χ3n) is 3.64. The maximum absolute atomic E-state index is 9.78. The van der Waals surface area contributed by atoms with Crippen LogP contribution < -0.4 is 5.32 Å². The highest BCUT2D eigenvalue weighted by Crippen LogP contribution is 2.25. The Bertz CT molecular complexity index is 248. The minimum atomic E-state index is -1.14. The zero-order valence-corrected chi connectivity index (χ0v) is 12.1. The van der Waals surface area contributed by atoms with Crippen molar-refractivity contribution in [1.82, 2.24) is 5.32 Å². The molecule has 5 heteroatoms. The second-order valence-electron chi connectivity index (χ2n) is 6.17. The molecule has 0 aliphatic heterocycles. The van der Waals surface area contributed by atoms with Crippen LogP contribution in [0.4, 0.5) is 0 Å². The molecule has 0 amide bonds. The van der Waals surface area contributed by atoms with Gasteiger partial charge in [0.05, 0.1) is 31.0 Å². The van der Waals surface area contributed by atoms with Gasteiger partial charge in [0.15, 0.2) is 0 Å². The molecular weight excluding hydrogens is 246 g/mol. The first kappa shape index (κ1) is 16.9. The Morgan fingerprint density at radius 1 is 1.42 bits per heavy atom. The van der Waals surface area contributed by atoms with Crippen molar-refractivity contribution in [2.75, 3.05) is 26.3 Å². The monoisotopic (exact) mass is 275 g/mol. The van der Waals surface area contributed by atoms with E-state index in [1.54, 1.807) is 6.92 Å². The van der Waals surface area contributed by atoms with Gasteiger partial charge in [-0.25, -0.2) is 0 Å². The summed E-state index contributed by atoms with van der Waals surface area (Å²) in [5.41, 5.74) is -1.14. The van der Waals surface area contributed by atoms with Crippen molar-refractivity contribution < 1.29 is 20.1 Å². The normalized spacial score (nSPS) is 28.9. The maximum atomic E-state index is 9.78. The Kier molecular flexibility index (Phi) is 7.25. The van der Waals surface area contributed by atoms with E-state index in [9.17, 15) is 10.2 Å². The smallest absolute Gasteiger partial charge is 0.0972 e. The number of aliphatic hydroxyl groups excluding tert-OH is 2. The molecule has 0 heterocycles. The molecular formula is C14H29NO4. The molecule has 1 aliphatic carbocycles. The molecule has 5 nitrogen and oxygen atoms in total. The zero-order chi connectivity index (χ0) is 14.3. The van der Waals surface area contributed by atoms with E-state index in [0.717, 1.165) is 12.8 Å². The molecule has 4 unspecified atom stereocenters. The Labute approximate surface area is 116 Å². The first-order chi connectivity index (χ1) is 8.93. The van der Waals surface area contributed by atoms with Crippen molar-refractivity contribution in [2.45, 2.75) is 57.3 Å². The highest BCUT2D eigenvalue weighted by atomic mass is 16.5. The minimum Gasteiger partial charge on any atom is -0.393 e. The fraction of sp³-hybridized carbons (Fsp3) is 1.00. The first-order valence-electron chi connectivity index (χ1n) is 7.26. The number of rotatable bonds is 8. The molecule has 0 bridgehead atoms. The SMILES string of the molecule is CC1CCCC(OCC(O)CNCC(C)(O)CO)C1. The van der Waals surface area contributed by atoms with Crippen LogP contribution >= 0.6 is 0 Å². The average molecular weight is 275 g/mol. The van der Waals surface area contributed by atoms with Gasteiger partial charge >= 0.3 is 0 Å². The fourth-order valence-electron chi connectivity index (χ4n) is 2.40. The lowest BCUT2D eigenvalue weighted by atomic mass is 9.89. The van der Waals surface area contributed by atoms with E-state index in [4.69, 9.17) is 9.84 Å². The number of hydrogen-bond acceptors (Lipinski definition) is 5. The average Bonchev–Trinajstić information content (AvgIpc) is 2.36. The number of nitrogens with one attached hydrogen (secondary N) is 1. The molecule has 0 radical (unpaired) electrons. The number of hydrogen-bond donors (Lipinski definition) is 4. The van der Waals surface area contributed by atoms with Gasteiger partial charge in [0.25, 0.3) is 0 Å². The van der Waals surface area contributed by atoms with Crippen molar-refractivity contribution in [3.8, 4) is 0 Å². The van der Waals surface area contributed by atoms with Crippen LogP contribution in [0.1, 0.15) is 39.5 Å². The predicted molar refractivity (Wildman–Crippen MR) is 74.0 cm³/mol. The van der Waals surface area contributed by atoms with E-state index >= 15 is 0 Å². The Balaban J connectivity index is 2.09. The van der Waals surface area contributed by atoms with Crippen molar-refractivity contribution >= 4 is 0 Å². The van der Waals surface area contributed by atoms with Gasteiger partial charge in [0, 0.05) is 13.1 Å². The summed E-state index contributed by atoms with van der Waals surface area (Å²) in [4.78, 5) is 0. The molecule has 114 valence electrons. The molecule has 0 spiro atoms. The van der Waals surface area contributed by atoms with Crippen LogP contribution in [0.15, 0.2) is 0 Å². The van der Waals surface area contributed by atoms with Crippen molar-refractivity contribution in [3.63, 3.8) is 0 Å². The standard InChI is InChI=1S/C14H29NO4/c1-11-4-3-5-13(6-11)19-8-12(17)7-15-9-14(2,18)10-16/h11-13,15-18H,3-10H2,1-2H3. The van der Waals surface area contributed by atoms with Crippen LogP contribution in [0.5, 0.6) is 0 Å². The maximum Gasteiger partial charge on any atom is 0.0972 e. The van der Waals surface area contributed by atoms with Gasteiger partial charge < -0.3 is 25.4 Å². The van der Waals surface area contributed by atoms with Gasteiger partial charge in [-0.1, -0.05) is 19.8 Å². The van der Waals surface area contributed by atoms with Crippen LogP contribution in [0, 0.1) is 5.92 Å². The minimum absolute atomic E-state index is 0.251. The fourth-order valence-corrected chi connectivity index (χ4v) is 2.40. The summed E-state index contributed by atoms with van der Waals surface area (Å²) in [5, 5.41) is 31.2. The largest absolute Gasteiger partial charge is 0.393 e. The van der Waals surface area contributed by atoms with Crippen LogP contribution in [-0.2, 0) is 4.74 Å². The van der Waals surface area contributed by atoms with Crippen LogP contribution in [0.25, 0.3) is 0 Å². The molecule has 0 saturated heterocycles. The van der Waals surface area contributed by atoms with Crippen LogP contribution in [-0.4, -0.2) is 59.4 Å². The Morgan fingerprint density at radius 3 is 2.79 bits per heavy atom. The zero-order valence-electron chi connectivity index (χ0n) is 12.1. The predicted octanol–water partition coefficient (Wildman–Crippen LogP) is 0.275. The Hall–Kier alpha value is -0.200. The number of ether oxygens (including phenoxy) is 1. The van der Waals surface area contributed by atoms with Crippen molar-refractivity contribution in [3.05, 3.63) is 0 Å². The van der Waals surface area contributed by atoms with E-state index in [0.29, 0.717) is 19.1 Å². The van der Waals surface area contributed by atoms with Crippen molar-refractivity contribution in [2.24, 2.45) is 5.92 Å². The van der Waals surface area contributed by atoms with Crippen molar-refractivity contribution in [1.29, 1.82) is 0 Å². The van der Waals surface area contributed by atoms with E-state index < -0.39 is 11.7 Å². The van der Waals surface area contributed by atoms with Gasteiger partial charge in [-0.3, -0.25) is 0 Å². The third-order valence-corrected chi connectivity index (χ3v) is 3.64. The van der Waals surface area contributed by atoms with Gasteiger partial charge in [0.2, 0.25) is 0 Å². The van der Waals surface area contributed by atoms with E-state index in [-0.39, 0.29) is 19.3 Å². The first-order valence-corrected chi connectivity index (χ1v) is 7.26. The van der Waals surface area contributed by atoms with E-state index in [1.807, 2.05) is 0 Å². The molecule has 1 fully saturated rings. The van der Waals surface area contributed by atoms with Crippen LogP contribution in [0.2, 0.25) is 0 Å². The molecule has 0 aromatic carbocycles. The third kappa shape index (κ3) is 7.22. The Morgan fingerprint density at radius 2 is 2.16 bits per heavy atom. The number of aliphatic hydroxyl groups is 3. The molecule has 1 aliphatic rings. The van der Waals surface area contributed by atoms with Gasteiger partial charge in [-0.05, 0) is 25.7 Å². The summed E-state index contributed by atoms with van der Waals surface area (Å²) >= 11 is 0. The van der Waals surface area contributed by atoms with Crippen LogP contribution in [0.3, 0.4) is 0 Å². The molecule has 4 N–H and O–H groups in total. The lowest BCUT2D eigenvalue weighted by Crippen LogP contribution is -2.44. The van der Waals surface area contributed by atoms with E-state index in [2.05, 4.69) is 12.2 Å². The van der Waals surface area contributed by atoms with Gasteiger partial charge in [-0.2, -0.15) is 0 Å². The molecule has 1 saturated carbocycles. The summed E-state index contributed by atoms with van der Waals surface area (Å²) in [7, 11) is 0. The molecule has 0 aromatic rings.